The molecule has 176 valence electrons. The van der Waals surface area contributed by atoms with Crippen LogP contribution in [-0.4, -0.2) is 37.8 Å². The van der Waals surface area contributed by atoms with Crippen molar-refractivity contribution in [2.24, 2.45) is 0 Å². The molecule has 5 atom stereocenters. The third kappa shape index (κ3) is 6.32. The molecule has 4 rings (SSSR count). The quantitative estimate of drug-likeness (QED) is 0.411. The highest BCUT2D eigenvalue weighted by atomic mass is 16.7. The molecule has 1 saturated heterocycles. The first-order valence-corrected chi connectivity index (χ1v) is 11.4. The zero-order valence-electron chi connectivity index (χ0n) is 19.3. The number of methoxy groups -OCH3 is 1. The molecule has 0 unspecified atom stereocenters. The van der Waals surface area contributed by atoms with Gasteiger partial charge in [0.25, 0.3) is 0 Å². The van der Waals surface area contributed by atoms with Crippen LogP contribution >= 0.6 is 0 Å². The van der Waals surface area contributed by atoms with Crippen molar-refractivity contribution in [3.63, 3.8) is 0 Å². The van der Waals surface area contributed by atoms with Crippen LogP contribution in [0.2, 0.25) is 0 Å². The average Bonchev–Trinajstić information content (AvgIpc) is 2.91. The van der Waals surface area contributed by atoms with Crippen LogP contribution in [0.4, 0.5) is 0 Å². The Morgan fingerprint density at radius 2 is 1.06 bits per heavy atom. The summed E-state index contributed by atoms with van der Waals surface area (Å²) in [5.41, 5.74) is 3.12. The molecule has 1 heterocycles. The van der Waals surface area contributed by atoms with Crippen LogP contribution in [0.3, 0.4) is 0 Å². The van der Waals surface area contributed by atoms with Crippen LogP contribution in [0.25, 0.3) is 0 Å². The molecule has 34 heavy (non-hydrogen) atoms. The average molecular weight is 459 g/mol. The van der Waals surface area contributed by atoms with E-state index in [-0.39, 0.29) is 0 Å². The lowest BCUT2D eigenvalue weighted by Gasteiger charge is -2.44. The van der Waals surface area contributed by atoms with Gasteiger partial charge in [-0.15, -0.1) is 6.42 Å². The van der Waals surface area contributed by atoms with Gasteiger partial charge < -0.3 is 23.7 Å². The summed E-state index contributed by atoms with van der Waals surface area (Å²) in [6, 6.07) is 29.9. The number of ether oxygens (including phenoxy) is 5. The number of terminal acetylenes is 1. The Balaban J connectivity index is 1.57. The van der Waals surface area contributed by atoms with E-state index in [2.05, 4.69) is 5.92 Å². The predicted molar refractivity (Wildman–Crippen MR) is 130 cm³/mol. The zero-order valence-corrected chi connectivity index (χ0v) is 19.3. The van der Waals surface area contributed by atoms with Gasteiger partial charge >= 0.3 is 0 Å². The summed E-state index contributed by atoms with van der Waals surface area (Å²) in [5.74, 6) is 2.71. The van der Waals surface area contributed by atoms with Crippen LogP contribution in [0.5, 0.6) is 0 Å². The molecule has 0 bridgehead atoms. The maximum Gasteiger partial charge on any atom is 0.187 e. The Bertz CT molecular complexity index is 1020. The molecule has 0 amide bonds. The SMILES string of the molecule is C#C[C@H]1O[C@H](OC)[C@@H](OCc2ccccc2)[C@@H](OCc2ccccc2)[C@@H]1OCc1ccccc1. The minimum atomic E-state index is -0.692. The molecule has 5 nitrogen and oxygen atoms in total. The Morgan fingerprint density at radius 3 is 1.47 bits per heavy atom. The number of hydrogen-bond donors (Lipinski definition) is 0. The minimum Gasteiger partial charge on any atom is -0.368 e. The van der Waals surface area contributed by atoms with Crippen molar-refractivity contribution in [1.82, 2.24) is 0 Å². The molecule has 0 saturated carbocycles. The van der Waals surface area contributed by atoms with E-state index >= 15 is 0 Å². The summed E-state index contributed by atoms with van der Waals surface area (Å²) in [4.78, 5) is 0. The third-order valence-corrected chi connectivity index (χ3v) is 5.75. The molecular weight excluding hydrogens is 428 g/mol. The lowest BCUT2D eigenvalue weighted by atomic mass is 9.98. The van der Waals surface area contributed by atoms with Gasteiger partial charge in [0, 0.05) is 7.11 Å². The van der Waals surface area contributed by atoms with E-state index in [1.165, 1.54) is 0 Å². The van der Waals surface area contributed by atoms with Gasteiger partial charge in [0.15, 0.2) is 6.29 Å². The van der Waals surface area contributed by atoms with Crippen molar-refractivity contribution in [3.8, 4) is 12.3 Å². The van der Waals surface area contributed by atoms with Gasteiger partial charge in [-0.25, -0.2) is 0 Å². The topological polar surface area (TPSA) is 46.2 Å². The van der Waals surface area contributed by atoms with Crippen LogP contribution in [0.1, 0.15) is 16.7 Å². The van der Waals surface area contributed by atoms with Crippen molar-refractivity contribution in [3.05, 3.63) is 108 Å². The largest absolute Gasteiger partial charge is 0.368 e. The Morgan fingerprint density at radius 1 is 0.647 bits per heavy atom. The second kappa shape index (κ2) is 12.5. The number of rotatable bonds is 10. The normalized spacial score (nSPS) is 24.4. The molecule has 0 N–H and O–H groups in total. The molecule has 3 aromatic rings. The second-order valence-electron chi connectivity index (χ2n) is 8.11. The summed E-state index contributed by atoms with van der Waals surface area (Å²) in [6.07, 6.45) is 2.92. The molecule has 1 aliphatic heterocycles. The van der Waals surface area contributed by atoms with E-state index < -0.39 is 30.7 Å². The van der Waals surface area contributed by atoms with Crippen LogP contribution in [0, 0.1) is 12.3 Å². The van der Waals surface area contributed by atoms with E-state index in [1.54, 1.807) is 7.11 Å². The van der Waals surface area contributed by atoms with Gasteiger partial charge in [0.05, 0.1) is 19.8 Å². The summed E-state index contributed by atoms with van der Waals surface area (Å²) in [7, 11) is 1.58. The van der Waals surface area contributed by atoms with Crippen molar-refractivity contribution in [1.29, 1.82) is 0 Å². The van der Waals surface area contributed by atoms with Crippen molar-refractivity contribution in [2.75, 3.05) is 7.11 Å². The first-order chi connectivity index (χ1) is 16.8. The van der Waals surface area contributed by atoms with Crippen molar-refractivity contribution in [2.45, 2.75) is 50.5 Å². The smallest absolute Gasteiger partial charge is 0.187 e. The molecule has 5 heteroatoms. The molecule has 0 spiro atoms. The summed E-state index contributed by atoms with van der Waals surface area (Å²) >= 11 is 0. The molecule has 1 fully saturated rings. The van der Waals surface area contributed by atoms with Gasteiger partial charge in [0.2, 0.25) is 0 Å². The molecule has 0 radical (unpaired) electrons. The maximum atomic E-state index is 6.43. The Labute approximate surface area is 201 Å². The van der Waals surface area contributed by atoms with Crippen molar-refractivity contribution >= 4 is 0 Å². The minimum absolute atomic E-state index is 0.376. The summed E-state index contributed by atoms with van der Waals surface area (Å²) in [6.45, 7) is 1.14. The standard InChI is InChI=1S/C29H30O5/c1-3-25-26(31-19-22-13-7-4-8-14-22)27(32-20-23-15-9-5-10-16-23)28(29(30-2)34-25)33-21-24-17-11-6-12-18-24/h1,4-18,25-29H,19-21H2,2H3/t25-,26-,27+,28+,29+/m1/s1. The summed E-state index contributed by atoms with van der Waals surface area (Å²) < 4.78 is 30.8. The lowest BCUT2D eigenvalue weighted by molar-refractivity contribution is -0.307. The monoisotopic (exact) mass is 458 g/mol. The third-order valence-electron chi connectivity index (χ3n) is 5.75. The van der Waals surface area contributed by atoms with Crippen LogP contribution in [0.15, 0.2) is 91.0 Å². The highest BCUT2D eigenvalue weighted by Gasteiger charge is 2.48. The van der Waals surface area contributed by atoms with Gasteiger partial charge in [0.1, 0.15) is 24.4 Å². The predicted octanol–water partition coefficient (Wildman–Crippen LogP) is 4.75. The van der Waals surface area contributed by atoms with Gasteiger partial charge in [-0.2, -0.15) is 0 Å². The lowest BCUT2D eigenvalue weighted by Crippen LogP contribution is -2.60. The van der Waals surface area contributed by atoms with Crippen LogP contribution < -0.4 is 0 Å². The summed E-state index contributed by atoms with van der Waals surface area (Å²) in [5, 5.41) is 0. The highest BCUT2D eigenvalue weighted by molar-refractivity contribution is 5.16. The molecule has 3 aromatic carbocycles. The van der Waals surface area contributed by atoms with E-state index in [1.807, 2.05) is 91.0 Å². The second-order valence-corrected chi connectivity index (χ2v) is 8.11. The van der Waals surface area contributed by atoms with E-state index in [9.17, 15) is 0 Å². The Hall–Kier alpha value is -2.98. The van der Waals surface area contributed by atoms with E-state index in [4.69, 9.17) is 30.1 Å². The van der Waals surface area contributed by atoms with Gasteiger partial charge in [-0.05, 0) is 16.7 Å². The zero-order chi connectivity index (χ0) is 23.6. The van der Waals surface area contributed by atoms with Gasteiger partial charge in [-0.1, -0.05) is 96.9 Å². The Kier molecular flexibility index (Phi) is 8.86. The fourth-order valence-electron chi connectivity index (χ4n) is 3.98. The number of benzene rings is 3. The van der Waals surface area contributed by atoms with E-state index in [0.29, 0.717) is 19.8 Å². The van der Waals surface area contributed by atoms with Gasteiger partial charge in [-0.3, -0.25) is 0 Å². The molecule has 0 aliphatic carbocycles. The number of hydrogen-bond acceptors (Lipinski definition) is 5. The maximum absolute atomic E-state index is 6.43. The van der Waals surface area contributed by atoms with Crippen LogP contribution in [-0.2, 0) is 43.5 Å². The fraction of sp³-hybridized carbons (Fsp3) is 0.310. The molecule has 1 aliphatic rings. The van der Waals surface area contributed by atoms with Crippen molar-refractivity contribution < 1.29 is 23.7 Å². The van der Waals surface area contributed by atoms with E-state index in [0.717, 1.165) is 16.7 Å². The molecular formula is C29H30O5. The first kappa shape index (κ1) is 24.2. The molecule has 0 aromatic heterocycles. The highest BCUT2D eigenvalue weighted by Crippen LogP contribution is 2.30. The fourth-order valence-corrected chi connectivity index (χ4v) is 3.98. The first-order valence-electron chi connectivity index (χ1n) is 11.4.